The van der Waals surface area contributed by atoms with Crippen LogP contribution in [-0.4, -0.2) is 37.6 Å². The quantitative estimate of drug-likeness (QED) is 0.898. The molecule has 0 bridgehead atoms. The van der Waals surface area contributed by atoms with Crippen LogP contribution in [0, 0.1) is 0 Å². The van der Waals surface area contributed by atoms with Gasteiger partial charge < -0.3 is 5.32 Å². The summed E-state index contributed by atoms with van der Waals surface area (Å²) in [6.07, 6.45) is 2.84. The van der Waals surface area contributed by atoms with Crippen molar-refractivity contribution >= 4 is 32.5 Å². The number of benzene rings is 1. The van der Waals surface area contributed by atoms with Crippen LogP contribution in [0.1, 0.15) is 27.2 Å². The average Bonchev–Trinajstić information content (AvgIpc) is 2.44. The Labute approximate surface area is 142 Å². The van der Waals surface area contributed by atoms with Crippen molar-refractivity contribution in [3.05, 3.63) is 36.5 Å². The maximum Gasteiger partial charge on any atom is 0.232 e. The van der Waals surface area contributed by atoms with Gasteiger partial charge in [0.25, 0.3) is 0 Å². The van der Waals surface area contributed by atoms with E-state index in [4.69, 9.17) is 0 Å². The highest BCUT2D eigenvalue weighted by Gasteiger charge is 2.22. The highest BCUT2D eigenvalue weighted by atomic mass is 32.2. The SMILES string of the molecule is CC(C)(C)NC(=O)CCN(c1cccc2cccnc12)S(C)(=O)=O. The zero-order valence-corrected chi connectivity index (χ0v) is 15.2. The molecule has 1 N–H and O–H groups in total. The van der Waals surface area contributed by atoms with Crippen LogP contribution in [-0.2, 0) is 14.8 Å². The van der Waals surface area contributed by atoms with Gasteiger partial charge in [-0.15, -0.1) is 0 Å². The number of aromatic nitrogens is 1. The molecule has 0 fully saturated rings. The molecule has 2 rings (SSSR count). The van der Waals surface area contributed by atoms with Crippen molar-refractivity contribution < 1.29 is 13.2 Å². The Morgan fingerprint density at radius 2 is 1.88 bits per heavy atom. The zero-order valence-electron chi connectivity index (χ0n) is 14.4. The van der Waals surface area contributed by atoms with E-state index in [9.17, 15) is 13.2 Å². The van der Waals surface area contributed by atoms with Gasteiger partial charge in [-0.3, -0.25) is 14.1 Å². The third kappa shape index (κ3) is 4.67. The monoisotopic (exact) mass is 349 g/mol. The van der Waals surface area contributed by atoms with E-state index in [1.165, 1.54) is 4.31 Å². The lowest BCUT2D eigenvalue weighted by atomic mass is 10.1. The number of fused-ring (bicyclic) bond motifs is 1. The number of para-hydroxylation sites is 1. The average molecular weight is 349 g/mol. The van der Waals surface area contributed by atoms with E-state index in [-0.39, 0.29) is 24.4 Å². The van der Waals surface area contributed by atoms with Gasteiger partial charge in [0.2, 0.25) is 15.9 Å². The number of carbonyl (C=O) groups excluding carboxylic acids is 1. The molecule has 6 nitrogen and oxygen atoms in total. The summed E-state index contributed by atoms with van der Waals surface area (Å²) in [4.78, 5) is 16.3. The number of pyridine rings is 1. The molecular weight excluding hydrogens is 326 g/mol. The van der Waals surface area contributed by atoms with Crippen LogP contribution >= 0.6 is 0 Å². The van der Waals surface area contributed by atoms with E-state index in [1.807, 2.05) is 32.9 Å². The zero-order chi connectivity index (χ0) is 18.0. The first-order chi connectivity index (χ1) is 11.1. The molecule has 0 saturated carbocycles. The first kappa shape index (κ1) is 18.2. The summed E-state index contributed by atoms with van der Waals surface area (Å²) in [7, 11) is -3.54. The van der Waals surface area contributed by atoms with Crippen LogP contribution in [0.25, 0.3) is 10.9 Å². The van der Waals surface area contributed by atoms with Crippen molar-refractivity contribution in [1.29, 1.82) is 0 Å². The maximum atomic E-state index is 12.2. The van der Waals surface area contributed by atoms with Crippen molar-refractivity contribution in [3.63, 3.8) is 0 Å². The third-order valence-corrected chi connectivity index (χ3v) is 4.52. The molecule has 0 aliphatic carbocycles. The molecule has 0 aliphatic heterocycles. The van der Waals surface area contributed by atoms with Gasteiger partial charge in [-0.2, -0.15) is 0 Å². The number of hydrogen-bond donors (Lipinski definition) is 1. The molecule has 0 radical (unpaired) electrons. The fourth-order valence-electron chi connectivity index (χ4n) is 2.44. The van der Waals surface area contributed by atoms with E-state index < -0.39 is 10.0 Å². The van der Waals surface area contributed by atoms with E-state index in [0.29, 0.717) is 11.2 Å². The largest absolute Gasteiger partial charge is 0.351 e. The second kappa shape index (κ2) is 6.76. The smallest absolute Gasteiger partial charge is 0.232 e. The minimum Gasteiger partial charge on any atom is -0.351 e. The van der Waals surface area contributed by atoms with Gasteiger partial charge in [0.15, 0.2) is 0 Å². The predicted octanol–water partition coefficient (Wildman–Crippen LogP) is 2.31. The van der Waals surface area contributed by atoms with Crippen LogP contribution in [0.3, 0.4) is 0 Å². The molecule has 7 heteroatoms. The van der Waals surface area contributed by atoms with Crippen LogP contribution in [0.4, 0.5) is 5.69 Å². The Kier molecular flexibility index (Phi) is 5.13. The van der Waals surface area contributed by atoms with Crippen molar-refractivity contribution in [1.82, 2.24) is 10.3 Å². The summed E-state index contributed by atoms with van der Waals surface area (Å²) in [6.45, 7) is 5.71. The molecule has 0 aliphatic rings. The lowest BCUT2D eigenvalue weighted by Crippen LogP contribution is -2.42. The number of carbonyl (C=O) groups is 1. The minimum absolute atomic E-state index is 0.0659. The normalized spacial score (nSPS) is 12.2. The van der Waals surface area contributed by atoms with E-state index in [2.05, 4.69) is 10.3 Å². The number of nitrogens with one attached hydrogen (secondary N) is 1. The molecule has 0 spiro atoms. The van der Waals surface area contributed by atoms with Gasteiger partial charge >= 0.3 is 0 Å². The Morgan fingerprint density at radius 1 is 1.21 bits per heavy atom. The lowest BCUT2D eigenvalue weighted by molar-refractivity contribution is -0.122. The third-order valence-electron chi connectivity index (χ3n) is 3.34. The van der Waals surface area contributed by atoms with Gasteiger partial charge in [0, 0.05) is 30.1 Å². The molecule has 1 heterocycles. The summed E-state index contributed by atoms with van der Waals surface area (Å²) >= 11 is 0. The molecule has 0 saturated heterocycles. The number of sulfonamides is 1. The van der Waals surface area contributed by atoms with E-state index in [0.717, 1.165) is 11.6 Å². The minimum atomic E-state index is -3.54. The highest BCUT2D eigenvalue weighted by molar-refractivity contribution is 7.92. The second-order valence-corrected chi connectivity index (χ2v) is 8.64. The number of rotatable bonds is 5. The van der Waals surface area contributed by atoms with E-state index in [1.54, 1.807) is 24.4 Å². The van der Waals surface area contributed by atoms with Crippen LogP contribution in [0.5, 0.6) is 0 Å². The van der Waals surface area contributed by atoms with Crippen LogP contribution in [0.15, 0.2) is 36.5 Å². The fourth-order valence-corrected chi connectivity index (χ4v) is 3.37. The number of amides is 1. The summed E-state index contributed by atoms with van der Waals surface area (Å²) in [5.74, 6) is -0.190. The number of anilines is 1. The Morgan fingerprint density at radius 3 is 2.50 bits per heavy atom. The molecule has 24 heavy (non-hydrogen) atoms. The lowest BCUT2D eigenvalue weighted by Gasteiger charge is -2.25. The summed E-state index contributed by atoms with van der Waals surface area (Å²) in [6, 6.07) is 9.04. The Bertz CT molecular complexity index is 836. The molecule has 0 unspecified atom stereocenters. The van der Waals surface area contributed by atoms with Crippen molar-refractivity contribution in [3.8, 4) is 0 Å². The van der Waals surface area contributed by atoms with Gasteiger partial charge in [0.05, 0.1) is 17.5 Å². The maximum absolute atomic E-state index is 12.2. The first-order valence-electron chi connectivity index (χ1n) is 7.70. The van der Waals surface area contributed by atoms with Gasteiger partial charge in [0.1, 0.15) is 0 Å². The molecule has 1 amide bonds. The predicted molar refractivity (Wildman–Crippen MR) is 96.4 cm³/mol. The molecule has 1 aromatic heterocycles. The van der Waals surface area contributed by atoms with Gasteiger partial charge in [-0.05, 0) is 32.9 Å². The van der Waals surface area contributed by atoms with Crippen molar-refractivity contribution in [2.75, 3.05) is 17.1 Å². The molecule has 2 aromatic rings. The standard InChI is InChI=1S/C17H23N3O3S/c1-17(2,3)19-15(21)10-12-20(24(4,22)23)14-9-5-7-13-8-6-11-18-16(13)14/h5-9,11H,10,12H2,1-4H3,(H,19,21). The Hall–Kier alpha value is -2.15. The number of nitrogens with zero attached hydrogens (tertiary/aromatic N) is 2. The second-order valence-electron chi connectivity index (χ2n) is 6.74. The highest BCUT2D eigenvalue weighted by Crippen LogP contribution is 2.26. The van der Waals surface area contributed by atoms with E-state index >= 15 is 0 Å². The molecule has 1 aromatic carbocycles. The molecular formula is C17H23N3O3S. The van der Waals surface area contributed by atoms with Crippen LogP contribution < -0.4 is 9.62 Å². The first-order valence-corrected chi connectivity index (χ1v) is 9.55. The van der Waals surface area contributed by atoms with Crippen molar-refractivity contribution in [2.45, 2.75) is 32.7 Å². The summed E-state index contributed by atoms with van der Waals surface area (Å²) in [5.41, 5.74) is 0.731. The number of hydrogen-bond acceptors (Lipinski definition) is 4. The van der Waals surface area contributed by atoms with Crippen LogP contribution in [0.2, 0.25) is 0 Å². The Balaban J connectivity index is 2.31. The topological polar surface area (TPSA) is 79.4 Å². The van der Waals surface area contributed by atoms with Gasteiger partial charge in [-0.25, -0.2) is 8.42 Å². The van der Waals surface area contributed by atoms with Crippen molar-refractivity contribution in [2.24, 2.45) is 0 Å². The molecule has 130 valence electrons. The van der Waals surface area contributed by atoms with Gasteiger partial charge in [-0.1, -0.05) is 18.2 Å². The fraction of sp³-hybridized carbons (Fsp3) is 0.412. The molecule has 0 atom stereocenters. The summed E-state index contributed by atoms with van der Waals surface area (Å²) < 4.78 is 25.7. The summed E-state index contributed by atoms with van der Waals surface area (Å²) in [5, 5.41) is 3.69.